The number of aryl methyl sites for hydroxylation is 1. The van der Waals surface area contributed by atoms with Gasteiger partial charge in [0.2, 0.25) is 0 Å². The summed E-state index contributed by atoms with van der Waals surface area (Å²) >= 11 is 0. The Morgan fingerprint density at radius 1 is 1.18 bits per heavy atom. The van der Waals surface area contributed by atoms with Gasteiger partial charge in [-0.1, -0.05) is 38.0 Å². The minimum atomic E-state index is -0.451. The Balaban J connectivity index is 1.76. The van der Waals surface area contributed by atoms with Crippen LogP contribution in [0.2, 0.25) is 0 Å². The largest absolute Gasteiger partial charge is 0.483 e. The number of carbonyl (C=O) groups excluding carboxylic acids is 1. The lowest BCUT2D eigenvalue weighted by molar-refractivity contribution is -0.135. The molecule has 4 rings (SSSR count). The van der Waals surface area contributed by atoms with Crippen LogP contribution in [0.25, 0.3) is 0 Å². The van der Waals surface area contributed by atoms with Gasteiger partial charge in [0.05, 0.1) is 12.8 Å². The topological polar surface area (TPSA) is 86.3 Å². The van der Waals surface area contributed by atoms with Gasteiger partial charge in [-0.2, -0.15) is 0 Å². The first-order valence-electron chi connectivity index (χ1n) is 9.57. The number of unbranched alkanes of at least 4 members (excludes halogenated alkanes) is 2. The van der Waals surface area contributed by atoms with Crippen LogP contribution < -0.4 is 4.74 Å². The third-order valence-corrected chi connectivity index (χ3v) is 4.88. The Hall–Kier alpha value is -3.16. The number of hydrogen-bond acceptors (Lipinski definition) is 6. The SMILES string of the molecule is CCCCCn1nnnc1C1c2ccccc2OCC(=O)N1Cc1ccco1. The van der Waals surface area contributed by atoms with Crippen molar-refractivity contribution in [1.82, 2.24) is 25.1 Å². The van der Waals surface area contributed by atoms with E-state index in [1.807, 2.05) is 36.4 Å². The van der Waals surface area contributed by atoms with Gasteiger partial charge in [0, 0.05) is 12.1 Å². The molecule has 0 saturated carbocycles. The summed E-state index contributed by atoms with van der Waals surface area (Å²) in [5, 5.41) is 12.4. The molecule has 3 aromatic rings. The summed E-state index contributed by atoms with van der Waals surface area (Å²) in [4.78, 5) is 14.7. The van der Waals surface area contributed by atoms with Crippen LogP contribution in [0, 0.1) is 0 Å². The van der Waals surface area contributed by atoms with E-state index in [0.717, 1.165) is 24.8 Å². The highest BCUT2D eigenvalue weighted by Gasteiger charge is 2.36. The highest BCUT2D eigenvalue weighted by molar-refractivity contribution is 5.79. The van der Waals surface area contributed by atoms with Crippen LogP contribution >= 0.6 is 0 Å². The molecular formula is C20H23N5O3. The van der Waals surface area contributed by atoms with Gasteiger partial charge < -0.3 is 14.1 Å². The van der Waals surface area contributed by atoms with E-state index in [4.69, 9.17) is 9.15 Å². The van der Waals surface area contributed by atoms with Gasteiger partial charge in [-0.15, -0.1) is 5.10 Å². The second-order valence-electron chi connectivity index (χ2n) is 6.80. The second-order valence-corrected chi connectivity index (χ2v) is 6.80. The Morgan fingerprint density at radius 3 is 2.89 bits per heavy atom. The first-order chi connectivity index (χ1) is 13.8. The molecule has 1 unspecified atom stereocenters. The van der Waals surface area contributed by atoms with Gasteiger partial charge in [-0.05, 0) is 35.0 Å². The maximum Gasteiger partial charge on any atom is 0.261 e. The quantitative estimate of drug-likeness (QED) is 0.585. The van der Waals surface area contributed by atoms with Crippen molar-refractivity contribution < 1.29 is 13.9 Å². The molecule has 1 aliphatic heterocycles. The molecule has 28 heavy (non-hydrogen) atoms. The average molecular weight is 381 g/mol. The molecule has 146 valence electrons. The standard InChI is InChI=1S/C20H23N5O3/c1-2-3-6-11-25-20(21-22-23-25)19-16-9-4-5-10-17(16)28-14-18(26)24(19)13-15-8-7-12-27-15/h4-5,7-10,12,19H,2-3,6,11,13-14H2,1H3. The molecule has 0 fully saturated rings. The molecule has 1 aliphatic rings. The Kier molecular flexibility index (Phi) is 5.36. The van der Waals surface area contributed by atoms with Gasteiger partial charge >= 0.3 is 0 Å². The van der Waals surface area contributed by atoms with Crippen LogP contribution in [0.3, 0.4) is 0 Å². The summed E-state index contributed by atoms with van der Waals surface area (Å²) in [6.45, 7) is 3.14. The molecule has 1 aromatic carbocycles. The van der Waals surface area contributed by atoms with Gasteiger partial charge in [-0.3, -0.25) is 4.79 Å². The summed E-state index contributed by atoms with van der Waals surface area (Å²) in [6, 6.07) is 10.9. The molecule has 3 heterocycles. The van der Waals surface area contributed by atoms with Crippen LogP contribution in [0.1, 0.15) is 49.4 Å². The van der Waals surface area contributed by atoms with Crippen molar-refractivity contribution in [2.45, 2.75) is 45.3 Å². The molecule has 0 radical (unpaired) electrons. The van der Waals surface area contributed by atoms with Crippen molar-refractivity contribution in [3.63, 3.8) is 0 Å². The zero-order chi connectivity index (χ0) is 19.3. The number of para-hydroxylation sites is 1. The number of amides is 1. The van der Waals surface area contributed by atoms with E-state index in [2.05, 4.69) is 22.4 Å². The second kappa shape index (κ2) is 8.24. The van der Waals surface area contributed by atoms with Gasteiger partial charge in [-0.25, -0.2) is 4.68 Å². The molecule has 0 aliphatic carbocycles. The number of furan rings is 1. The monoisotopic (exact) mass is 381 g/mol. The molecule has 8 nitrogen and oxygen atoms in total. The lowest BCUT2D eigenvalue weighted by Gasteiger charge is -2.28. The fourth-order valence-corrected chi connectivity index (χ4v) is 3.48. The Bertz CT molecular complexity index is 922. The minimum Gasteiger partial charge on any atom is -0.483 e. The molecule has 1 amide bonds. The maximum atomic E-state index is 13.0. The van der Waals surface area contributed by atoms with Crippen molar-refractivity contribution in [1.29, 1.82) is 0 Å². The van der Waals surface area contributed by atoms with Gasteiger partial charge in [0.25, 0.3) is 5.91 Å². The zero-order valence-electron chi connectivity index (χ0n) is 15.8. The summed E-state index contributed by atoms with van der Waals surface area (Å²) in [5.74, 6) is 1.86. The third kappa shape index (κ3) is 3.62. The van der Waals surface area contributed by atoms with Crippen molar-refractivity contribution >= 4 is 5.91 Å². The molecule has 0 bridgehead atoms. The fourth-order valence-electron chi connectivity index (χ4n) is 3.48. The Labute approximate surface area is 163 Å². The predicted octanol–water partition coefficient (Wildman–Crippen LogP) is 2.97. The summed E-state index contributed by atoms with van der Waals surface area (Å²) in [5.41, 5.74) is 0.867. The number of carbonyl (C=O) groups is 1. The number of ether oxygens (including phenoxy) is 1. The van der Waals surface area contributed by atoms with E-state index < -0.39 is 6.04 Å². The molecule has 2 aromatic heterocycles. The van der Waals surface area contributed by atoms with Crippen LogP contribution in [-0.2, 0) is 17.9 Å². The molecule has 1 atom stereocenters. The average Bonchev–Trinajstić information content (AvgIpc) is 3.36. The minimum absolute atomic E-state index is 0.0361. The number of fused-ring (bicyclic) bond motifs is 1. The fraction of sp³-hybridized carbons (Fsp3) is 0.400. The van der Waals surface area contributed by atoms with Gasteiger partial charge in [0.1, 0.15) is 17.6 Å². The molecule has 8 heteroatoms. The van der Waals surface area contributed by atoms with E-state index in [0.29, 0.717) is 30.4 Å². The first-order valence-corrected chi connectivity index (χ1v) is 9.57. The number of benzene rings is 1. The molecule has 0 spiro atoms. The maximum absolute atomic E-state index is 13.0. The number of aromatic nitrogens is 4. The van der Waals surface area contributed by atoms with E-state index in [9.17, 15) is 4.79 Å². The number of rotatable bonds is 7. The van der Waals surface area contributed by atoms with E-state index in [1.54, 1.807) is 15.8 Å². The van der Waals surface area contributed by atoms with Crippen molar-refractivity contribution in [3.8, 4) is 5.75 Å². The zero-order valence-corrected chi connectivity index (χ0v) is 15.8. The van der Waals surface area contributed by atoms with Crippen LogP contribution in [0.5, 0.6) is 5.75 Å². The highest BCUT2D eigenvalue weighted by atomic mass is 16.5. The lowest BCUT2D eigenvalue weighted by atomic mass is 10.0. The van der Waals surface area contributed by atoms with Crippen molar-refractivity contribution in [2.24, 2.45) is 0 Å². The highest BCUT2D eigenvalue weighted by Crippen LogP contribution is 2.37. The molecular weight excluding hydrogens is 358 g/mol. The van der Waals surface area contributed by atoms with Crippen molar-refractivity contribution in [3.05, 3.63) is 59.8 Å². The van der Waals surface area contributed by atoms with E-state index in [1.165, 1.54) is 0 Å². The third-order valence-electron chi connectivity index (χ3n) is 4.88. The van der Waals surface area contributed by atoms with E-state index in [-0.39, 0.29) is 12.5 Å². The summed E-state index contributed by atoms with van der Waals surface area (Å²) in [7, 11) is 0. The van der Waals surface area contributed by atoms with Crippen molar-refractivity contribution in [2.75, 3.05) is 6.61 Å². The summed E-state index contributed by atoms with van der Waals surface area (Å²) in [6.07, 6.45) is 4.79. The predicted molar refractivity (Wildman–Crippen MR) is 100 cm³/mol. The number of nitrogens with zero attached hydrogens (tertiary/aromatic N) is 5. The van der Waals surface area contributed by atoms with Crippen LogP contribution in [-0.4, -0.2) is 37.6 Å². The van der Waals surface area contributed by atoms with E-state index >= 15 is 0 Å². The smallest absolute Gasteiger partial charge is 0.261 e. The first kappa shape index (κ1) is 18.2. The normalized spacial score (nSPS) is 16.5. The van der Waals surface area contributed by atoms with Crippen LogP contribution in [0.4, 0.5) is 0 Å². The van der Waals surface area contributed by atoms with Gasteiger partial charge in [0.15, 0.2) is 12.4 Å². The lowest BCUT2D eigenvalue weighted by Crippen LogP contribution is -2.37. The molecule has 0 saturated heterocycles. The molecule has 0 N–H and O–H groups in total. The number of tetrazole rings is 1. The van der Waals surface area contributed by atoms with Crippen LogP contribution in [0.15, 0.2) is 47.1 Å². The summed E-state index contributed by atoms with van der Waals surface area (Å²) < 4.78 is 13.1. The number of hydrogen-bond donors (Lipinski definition) is 0. The Morgan fingerprint density at radius 2 is 2.07 bits per heavy atom.